The predicted octanol–water partition coefficient (Wildman–Crippen LogP) is 4.64. The van der Waals surface area contributed by atoms with Crippen LogP contribution in [0.4, 0.5) is 35.1 Å². The lowest BCUT2D eigenvalue weighted by Gasteiger charge is -2.43. The Hall–Kier alpha value is -0.680. The normalized spacial score (nSPS) is 17.1. The third kappa shape index (κ3) is 5.16. The number of ether oxygens (including phenoxy) is 2. The topological polar surface area (TPSA) is 38.7 Å². The number of hydrogen-bond acceptors (Lipinski definition) is 3. The molecule has 0 fully saturated rings. The number of alkyl halides is 8. The monoisotopic (exact) mass is 376 g/mol. The second kappa shape index (κ2) is 6.24. The standard InChI is InChI=1S/C13H20F8O3/c1-7(11(16,17)22)8(2,3)23-13(20,21)12(18,19)9(4,5)24-10(6,14)15/h7,22H,1-6H3. The summed E-state index contributed by atoms with van der Waals surface area (Å²) in [5.41, 5.74) is -6.05. The van der Waals surface area contributed by atoms with Crippen LogP contribution in [-0.2, 0) is 9.47 Å². The average Bonchev–Trinajstić information content (AvgIpc) is 2.21. The first-order valence-corrected chi connectivity index (χ1v) is 6.71. The zero-order chi connectivity index (χ0) is 20.0. The molecule has 0 aliphatic carbocycles. The molecule has 0 rings (SSSR count). The van der Waals surface area contributed by atoms with Gasteiger partial charge in [0.2, 0.25) is 0 Å². The second-order valence-corrected chi connectivity index (χ2v) is 6.53. The molecule has 0 saturated carbocycles. The van der Waals surface area contributed by atoms with Crippen LogP contribution in [0.2, 0.25) is 0 Å². The highest BCUT2D eigenvalue weighted by molar-refractivity contribution is 4.96. The van der Waals surface area contributed by atoms with Crippen molar-refractivity contribution in [1.82, 2.24) is 0 Å². The van der Waals surface area contributed by atoms with E-state index in [1.54, 1.807) is 0 Å². The SMILES string of the molecule is CC(C(O)(F)F)C(C)(C)OC(F)(F)C(F)(F)C(C)(C)OC(C)(F)F. The predicted molar refractivity (Wildman–Crippen MR) is 67.2 cm³/mol. The van der Waals surface area contributed by atoms with Crippen LogP contribution < -0.4 is 0 Å². The Kier molecular flexibility index (Phi) is 6.06. The van der Waals surface area contributed by atoms with Gasteiger partial charge in [0, 0.05) is 6.92 Å². The number of halogens is 8. The van der Waals surface area contributed by atoms with Crippen molar-refractivity contribution in [1.29, 1.82) is 0 Å². The van der Waals surface area contributed by atoms with Crippen LogP contribution in [-0.4, -0.2) is 40.6 Å². The minimum absolute atomic E-state index is 0.0716. The molecule has 1 atom stereocenters. The molecule has 1 N–H and O–H groups in total. The van der Waals surface area contributed by atoms with Crippen molar-refractivity contribution in [2.45, 2.75) is 77.0 Å². The summed E-state index contributed by atoms with van der Waals surface area (Å²) in [6.07, 6.45) is -14.1. The third-order valence-electron chi connectivity index (χ3n) is 3.51. The van der Waals surface area contributed by atoms with Gasteiger partial charge in [-0.2, -0.15) is 35.1 Å². The van der Waals surface area contributed by atoms with E-state index < -0.39 is 41.4 Å². The Bertz CT molecular complexity index is 437. The maximum Gasteiger partial charge on any atom is 0.422 e. The molecule has 0 bridgehead atoms. The summed E-state index contributed by atoms with van der Waals surface area (Å²) >= 11 is 0. The van der Waals surface area contributed by atoms with Crippen molar-refractivity contribution in [3.8, 4) is 0 Å². The first kappa shape index (κ1) is 23.3. The molecular weight excluding hydrogens is 356 g/mol. The van der Waals surface area contributed by atoms with Gasteiger partial charge in [0.05, 0.1) is 11.5 Å². The van der Waals surface area contributed by atoms with Crippen LogP contribution in [0.1, 0.15) is 41.5 Å². The zero-order valence-corrected chi connectivity index (χ0v) is 13.9. The summed E-state index contributed by atoms with van der Waals surface area (Å²) in [7, 11) is 0. The molecule has 24 heavy (non-hydrogen) atoms. The smallest absolute Gasteiger partial charge is 0.336 e. The van der Waals surface area contributed by atoms with Crippen LogP contribution in [0.5, 0.6) is 0 Å². The lowest BCUT2D eigenvalue weighted by Crippen LogP contribution is -2.62. The van der Waals surface area contributed by atoms with Crippen LogP contribution in [0.15, 0.2) is 0 Å². The van der Waals surface area contributed by atoms with Crippen molar-refractivity contribution < 1.29 is 49.7 Å². The molecule has 0 radical (unpaired) electrons. The molecule has 11 heteroatoms. The van der Waals surface area contributed by atoms with E-state index in [1.165, 1.54) is 0 Å². The van der Waals surface area contributed by atoms with Crippen molar-refractivity contribution >= 4 is 0 Å². The first-order valence-electron chi connectivity index (χ1n) is 6.71. The van der Waals surface area contributed by atoms with Gasteiger partial charge >= 0.3 is 24.2 Å². The molecule has 0 saturated heterocycles. The Morgan fingerprint density at radius 3 is 1.42 bits per heavy atom. The molecule has 0 aromatic heterocycles. The van der Waals surface area contributed by atoms with Gasteiger partial charge in [-0.05, 0) is 27.7 Å². The molecule has 146 valence electrons. The Morgan fingerprint density at radius 1 is 0.750 bits per heavy atom. The molecule has 0 aromatic carbocycles. The summed E-state index contributed by atoms with van der Waals surface area (Å²) in [6, 6.07) is 0. The fourth-order valence-corrected chi connectivity index (χ4v) is 1.76. The molecule has 0 aliphatic heterocycles. The summed E-state index contributed by atoms with van der Waals surface area (Å²) < 4.78 is 115. The third-order valence-corrected chi connectivity index (χ3v) is 3.51. The van der Waals surface area contributed by atoms with E-state index in [-0.39, 0.29) is 20.8 Å². The molecule has 3 nitrogen and oxygen atoms in total. The summed E-state index contributed by atoms with van der Waals surface area (Å²) in [4.78, 5) is 0. The summed E-state index contributed by atoms with van der Waals surface area (Å²) in [5.74, 6) is -7.63. The maximum atomic E-state index is 14.0. The van der Waals surface area contributed by atoms with Crippen molar-refractivity contribution in [2.24, 2.45) is 5.92 Å². The molecule has 1 unspecified atom stereocenters. The highest BCUT2D eigenvalue weighted by Crippen LogP contribution is 2.49. The van der Waals surface area contributed by atoms with Gasteiger partial charge in [-0.1, -0.05) is 6.92 Å². The fraction of sp³-hybridized carbons (Fsp3) is 1.00. The Labute approximate surface area is 133 Å². The van der Waals surface area contributed by atoms with Crippen LogP contribution in [0.3, 0.4) is 0 Å². The van der Waals surface area contributed by atoms with E-state index in [9.17, 15) is 35.1 Å². The minimum Gasteiger partial charge on any atom is -0.336 e. The van der Waals surface area contributed by atoms with Crippen LogP contribution in [0, 0.1) is 5.92 Å². The lowest BCUT2D eigenvalue weighted by molar-refractivity contribution is -0.439. The van der Waals surface area contributed by atoms with Gasteiger partial charge in [-0.3, -0.25) is 0 Å². The minimum atomic E-state index is -5.45. The van der Waals surface area contributed by atoms with Gasteiger partial charge in [0.15, 0.2) is 0 Å². The Balaban J connectivity index is 5.64. The fourth-order valence-electron chi connectivity index (χ4n) is 1.76. The van der Waals surface area contributed by atoms with Gasteiger partial charge in [-0.15, -0.1) is 0 Å². The van der Waals surface area contributed by atoms with E-state index in [0.29, 0.717) is 20.8 Å². The number of hydrogen-bond donors (Lipinski definition) is 1. The molecule has 0 spiro atoms. The first-order chi connectivity index (χ1) is 10.1. The molecule has 0 aliphatic rings. The van der Waals surface area contributed by atoms with Gasteiger partial charge in [-0.25, -0.2) is 0 Å². The zero-order valence-electron chi connectivity index (χ0n) is 13.9. The molecule has 0 amide bonds. The summed E-state index contributed by atoms with van der Waals surface area (Å²) in [6.45, 7) is 2.46. The highest BCUT2D eigenvalue weighted by Gasteiger charge is 2.70. The summed E-state index contributed by atoms with van der Waals surface area (Å²) in [5, 5.41) is 8.56. The van der Waals surface area contributed by atoms with Crippen LogP contribution >= 0.6 is 0 Å². The second-order valence-electron chi connectivity index (χ2n) is 6.53. The van der Waals surface area contributed by atoms with Crippen molar-refractivity contribution in [2.75, 3.05) is 0 Å². The van der Waals surface area contributed by atoms with E-state index in [4.69, 9.17) is 5.11 Å². The number of rotatable bonds is 8. The van der Waals surface area contributed by atoms with Gasteiger partial charge in [0.25, 0.3) is 0 Å². The lowest BCUT2D eigenvalue weighted by atomic mass is 9.90. The van der Waals surface area contributed by atoms with Gasteiger partial charge < -0.3 is 14.6 Å². The van der Waals surface area contributed by atoms with E-state index >= 15 is 0 Å². The molecule has 0 heterocycles. The molecular formula is C13H20F8O3. The average molecular weight is 376 g/mol. The van der Waals surface area contributed by atoms with Crippen molar-refractivity contribution in [3.05, 3.63) is 0 Å². The van der Waals surface area contributed by atoms with Gasteiger partial charge in [0.1, 0.15) is 5.60 Å². The highest BCUT2D eigenvalue weighted by atomic mass is 19.3. The van der Waals surface area contributed by atoms with E-state index in [1.807, 2.05) is 0 Å². The Morgan fingerprint density at radius 2 is 1.12 bits per heavy atom. The van der Waals surface area contributed by atoms with E-state index in [0.717, 1.165) is 0 Å². The quantitative estimate of drug-likeness (QED) is 0.628. The maximum absolute atomic E-state index is 14.0. The largest absolute Gasteiger partial charge is 0.422 e. The van der Waals surface area contributed by atoms with E-state index in [2.05, 4.69) is 9.47 Å². The van der Waals surface area contributed by atoms with Crippen LogP contribution in [0.25, 0.3) is 0 Å². The number of aliphatic hydroxyl groups is 1. The van der Waals surface area contributed by atoms with Crippen molar-refractivity contribution in [3.63, 3.8) is 0 Å². The molecule has 0 aromatic rings.